The molecular formula is C29H25NO6. The molecule has 0 saturated carbocycles. The number of nitrogens with zero attached hydrogens (tertiary/aromatic N) is 1. The lowest BCUT2D eigenvalue weighted by molar-refractivity contribution is 0.0733. The van der Waals surface area contributed by atoms with Crippen LogP contribution in [0, 0.1) is 6.92 Å². The number of methoxy groups -OCH3 is 2. The first-order valence-corrected chi connectivity index (χ1v) is 11.5. The van der Waals surface area contributed by atoms with Crippen molar-refractivity contribution in [3.63, 3.8) is 0 Å². The molecule has 0 spiro atoms. The fraction of sp³-hybridized carbons (Fsp3) is 0.172. The second kappa shape index (κ2) is 9.26. The van der Waals surface area contributed by atoms with Gasteiger partial charge in [0.25, 0.3) is 0 Å². The molecule has 0 radical (unpaired) electrons. The first-order valence-electron chi connectivity index (χ1n) is 11.5. The minimum Gasteiger partial charge on any atom is -0.497 e. The number of hydrogen-bond acceptors (Lipinski definition) is 6. The monoisotopic (exact) mass is 483 g/mol. The molecule has 0 saturated heterocycles. The fourth-order valence-electron chi connectivity index (χ4n) is 4.42. The Morgan fingerprint density at radius 1 is 1.00 bits per heavy atom. The summed E-state index contributed by atoms with van der Waals surface area (Å²) in [6.07, 6.45) is 3.78. The lowest BCUT2D eigenvalue weighted by atomic mass is 10.0. The summed E-state index contributed by atoms with van der Waals surface area (Å²) in [7, 11) is 3.01. The number of carbonyl (C=O) groups is 2. The second-order valence-corrected chi connectivity index (χ2v) is 8.43. The van der Waals surface area contributed by atoms with E-state index in [9.17, 15) is 9.59 Å². The van der Waals surface area contributed by atoms with Crippen molar-refractivity contribution in [2.75, 3.05) is 14.2 Å². The van der Waals surface area contributed by atoms with Gasteiger partial charge in [0.15, 0.2) is 5.76 Å². The van der Waals surface area contributed by atoms with Crippen LogP contribution in [-0.4, -0.2) is 30.5 Å². The molecule has 2 heterocycles. The Bertz CT molecular complexity index is 1520. The van der Waals surface area contributed by atoms with E-state index in [2.05, 4.69) is 17.6 Å². The summed E-state index contributed by atoms with van der Waals surface area (Å²) in [4.78, 5) is 26.0. The molecular weight excluding hydrogens is 458 g/mol. The van der Waals surface area contributed by atoms with Crippen LogP contribution in [0.2, 0.25) is 0 Å². The molecule has 1 aliphatic rings. The van der Waals surface area contributed by atoms with Crippen LogP contribution in [0.4, 0.5) is 0 Å². The molecule has 182 valence electrons. The third kappa shape index (κ3) is 4.09. The summed E-state index contributed by atoms with van der Waals surface area (Å²) in [5, 5.41) is 1.04. The Morgan fingerprint density at radius 3 is 2.42 bits per heavy atom. The Balaban J connectivity index is 1.45. The van der Waals surface area contributed by atoms with E-state index in [1.807, 2.05) is 24.4 Å². The van der Waals surface area contributed by atoms with Crippen LogP contribution in [-0.2, 0) is 6.54 Å². The van der Waals surface area contributed by atoms with Crippen LogP contribution in [0.15, 0.2) is 66.6 Å². The highest BCUT2D eigenvalue weighted by Gasteiger charge is 2.30. The summed E-state index contributed by atoms with van der Waals surface area (Å²) >= 11 is 0. The number of rotatable bonds is 6. The van der Waals surface area contributed by atoms with Gasteiger partial charge in [-0.15, -0.1) is 0 Å². The molecule has 7 heteroatoms. The largest absolute Gasteiger partial charge is 0.497 e. The Hall–Kier alpha value is -4.52. The van der Waals surface area contributed by atoms with Crippen molar-refractivity contribution in [2.45, 2.75) is 20.4 Å². The standard InChI is InChI=1S/C29H25NO6/c1-5-30-16-19(23-8-6-7-9-24(23)30)13-26-28(31)27-17(2)10-22(15-25(27)36-26)35-29(32)18-11-20(33-3)14-21(12-18)34-4/h6-16H,5H2,1-4H3/b26-13-. The maximum atomic E-state index is 13.2. The molecule has 5 rings (SSSR count). The van der Waals surface area contributed by atoms with Crippen molar-refractivity contribution in [3.05, 3.63) is 88.8 Å². The van der Waals surface area contributed by atoms with Crippen molar-refractivity contribution in [3.8, 4) is 23.0 Å². The first kappa shape index (κ1) is 23.2. The number of aromatic nitrogens is 1. The molecule has 0 N–H and O–H groups in total. The van der Waals surface area contributed by atoms with Crippen LogP contribution in [0.5, 0.6) is 23.0 Å². The molecule has 0 aliphatic carbocycles. The average molecular weight is 484 g/mol. The summed E-state index contributed by atoms with van der Waals surface area (Å²) in [6, 6.07) is 16.1. The number of carbonyl (C=O) groups excluding carboxylic acids is 2. The zero-order valence-electron chi connectivity index (χ0n) is 20.5. The lowest BCUT2D eigenvalue weighted by Crippen LogP contribution is -2.09. The number of fused-ring (bicyclic) bond motifs is 2. The molecule has 4 aromatic rings. The van der Waals surface area contributed by atoms with E-state index in [0.717, 1.165) is 23.0 Å². The van der Waals surface area contributed by atoms with E-state index in [4.69, 9.17) is 18.9 Å². The predicted molar refractivity (Wildman–Crippen MR) is 136 cm³/mol. The van der Waals surface area contributed by atoms with Gasteiger partial charge in [-0.2, -0.15) is 0 Å². The molecule has 3 aromatic carbocycles. The first-order chi connectivity index (χ1) is 17.4. The zero-order chi connectivity index (χ0) is 25.4. The molecule has 1 aliphatic heterocycles. The van der Waals surface area contributed by atoms with Crippen molar-refractivity contribution in [2.24, 2.45) is 0 Å². The molecule has 0 fully saturated rings. The highest BCUT2D eigenvalue weighted by atomic mass is 16.5. The maximum absolute atomic E-state index is 13.2. The van der Waals surface area contributed by atoms with Crippen LogP contribution in [0.1, 0.15) is 38.8 Å². The normalized spacial score (nSPS) is 13.6. The Kier molecular flexibility index (Phi) is 5.98. The minimum atomic E-state index is -0.584. The molecule has 36 heavy (non-hydrogen) atoms. The van der Waals surface area contributed by atoms with Gasteiger partial charge in [-0.1, -0.05) is 18.2 Å². The van der Waals surface area contributed by atoms with Crippen LogP contribution in [0.3, 0.4) is 0 Å². The molecule has 0 atom stereocenters. The number of benzene rings is 3. The van der Waals surface area contributed by atoms with Gasteiger partial charge in [0.05, 0.1) is 25.3 Å². The maximum Gasteiger partial charge on any atom is 0.343 e. The van der Waals surface area contributed by atoms with E-state index in [-0.39, 0.29) is 22.9 Å². The molecule has 0 unspecified atom stereocenters. The molecule has 1 aromatic heterocycles. The number of allylic oxidation sites excluding steroid dienone is 1. The summed E-state index contributed by atoms with van der Waals surface area (Å²) in [5.74, 6) is 1.02. The number of ether oxygens (including phenoxy) is 4. The predicted octanol–water partition coefficient (Wildman–Crippen LogP) is 5.82. The third-order valence-corrected chi connectivity index (χ3v) is 6.19. The van der Waals surface area contributed by atoms with E-state index in [1.54, 1.807) is 43.3 Å². The van der Waals surface area contributed by atoms with E-state index in [0.29, 0.717) is 28.4 Å². The smallest absolute Gasteiger partial charge is 0.343 e. The molecule has 7 nitrogen and oxygen atoms in total. The fourth-order valence-corrected chi connectivity index (χ4v) is 4.42. The number of Topliss-reactive ketones (excluding diaryl/α,β-unsaturated/α-hetero) is 1. The van der Waals surface area contributed by atoms with Gasteiger partial charge < -0.3 is 23.5 Å². The summed E-state index contributed by atoms with van der Waals surface area (Å²) in [5.41, 5.74) is 3.38. The van der Waals surface area contributed by atoms with Crippen molar-refractivity contribution >= 4 is 28.7 Å². The van der Waals surface area contributed by atoms with Crippen molar-refractivity contribution in [1.29, 1.82) is 0 Å². The zero-order valence-corrected chi connectivity index (χ0v) is 20.5. The lowest BCUT2D eigenvalue weighted by Gasteiger charge is -2.10. The quantitative estimate of drug-likeness (QED) is 0.195. The Morgan fingerprint density at radius 2 is 1.72 bits per heavy atom. The van der Waals surface area contributed by atoms with Crippen LogP contribution in [0.25, 0.3) is 17.0 Å². The summed E-state index contributed by atoms with van der Waals surface area (Å²) < 4.78 is 24.2. The van der Waals surface area contributed by atoms with Crippen LogP contribution < -0.4 is 18.9 Å². The van der Waals surface area contributed by atoms with E-state index in [1.165, 1.54) is 14.2 Å². The Labute approximate surface area is 208 Å². The number of hydrogen-bond donors (Lipinski definition) is 0. The number of esters is 1. The van der Waals surface area contributed by atoms with Gasteiger partial charge in [0.1, 0.15) is 23.0 Å². The van der Waals surface area contributed by atoms with Gasteiger partial charge >= 0.3 is 5.97 Å². The van der Waals surface area contributed by atoms with Gasteiger partial charge in [0, 0.05) is 41.3 Å². The number of ketones is 1. The van der Waals surface area contributed by atoms with Gasteiger partial charge in [-0.25, -0.2) is 4.79 Å². The number of aryl methyl sites for hydroxylation is 2. The van der Waals surface area contributed by atoms with Crippen molar-refractivity contribution in [1.82, 2.24) is 4.57 Å². The highest BCUT2D eigenvalue weighted by Crippen LogP contribution is 2.38. The van der Waals surface area contributed by atoms with Crippen LogP contribution >= 0.6 is 0 Å². The van der Waals surface area contributed by atoms with Gasteiger partial charge in [-0.05, 0) is 49.8 Å². The van der Waals surface area contributed by atoms with E-state index < -0.39 is 5.97 Å². The van der Waals surface area contributed by atoms with Gasteiger partial charge in [0.2, 0.25) is 5.78 Å². The minimum absolute atomic E-state index is 0.203. The second-order valence-electron chi connectivity index (χ2n) is 8.43. The third-order valence-electron chi connectivity index (χ3n) is 6.19. The van der Waals surface area contributed by atoms with Gasteiger partial charge in [-0.3, -0.25) is 4.79 Å². The number of para-hydroxylation sites is 1. The topological polar surface area (TPSA) is 76.0 Å². The highest BCUT2D eigenvalue weighted by molar-refractivity contribution is 6.16. The average Bonchev–Trinajstić information content (AvgIpc) is 3.40. The summed E-state index contributed by atoms with van der Waals surface area (Å²) in [6.45, 7) is 4.67. The van der Waals surface area contributed by atoms with Crippen molar-refractivity contribution < 1.29 is 28.5 Å². The molecule has 0 bridgehead atoms. The SMILES string of the molecule is CCn1cc(/C=C2\Oc3cc(OC(=O)c4cc(OC)cc(OC)c4)cc(C)c3C2=O)c2ccccc21. The van der Waals surface area contributed by atoms with E-state index >= 15 is 0 Å². The molecule has 0 amide bonds.